The third kappa shape index (κ3) is 5.35. The van der Waals surface area contributed by atoms with Crippen molar-refractivity contribution in [3.63, 3.8) is 0 Å². The number of nitrogens with one attached hydrogen (secondary N) is 2. The molecule has 0 saturated carbocycles. The molecule has 2 aromatic carbocycles. The third-order valence-corrected chi connectivity index (χ3v) is 6.15. The molecule has 0 aliphatic heterocycles. The van der Waals surface area contributed by atoms with Crippen LogP contribution < -0.4 is 10.6 Å². The first-order chi connectivity index (χ1) is 15.8. The number of alkyl carbamates (subject to hydrolysis) is 1. The molecule has 7 nitrogen and oxygen atoms in total. The Morgan fingerprint density at radius 3 is 2.09 bits per heavy atom. The van der Waals surface area contributed by atoms with Gasteiger partial charge in [-0.2, -0.15) is 0 Å². The van der Waals surface area contributed by atoms with Crippen molar-refractivity contribution in [2.45, 2.75) is 64.0 Å². The number of ether oxygens (including phenoxy) is 1. The largest absolute Gasteiger partial charge is 0.480 e. The number of carboxylic acid groups (broad SMARTS) is 1. The van der Waals surface area contributed by atoms with Crippen molar-refractivity contribution in [2.75, 3.05) is 6.61 Å². The number of fused-ring (bicyclic) bond motifs is 3. The standard InChI is InChI=1S/C26H32N2O5/c1-4-10-22(23(29)28-26(3,15-5-2)24(30)31)27-25(32)33-16-21-19-13-8-6-11-17(19)18-12-7-9-14-20(18)21/h6-9,11-14,21-22H,4-5,10,15-16H2,1-3H3,(H,27,32)(H,28,29)(H,30,31)/t22-,26?/m1/s1. The molecular weight excluding hydrogens is 420 g/mol. The van der Waals surface area contributed by atoms with E-state index in [9.17, 15) is 19.5 Å². The van der Waals surface area contributed by atoms with Crippen LogP contribution in [0.4, 0.5) is 4.79 Å². The summed E-state index contributed by atoms with van der Waals surface area (Å²) in [5, 5.41) is 14.8. The molecule has 2 atom stereocenters. The van der Waals surface area contributed by atoms with Crippen LogP contribution in [-0.4, -0.2) is 41.3 Å². The van der Waals surface area contributed by atoms with Gasteiger partial charge in [0.15, 0.2) is 0 Å². The highest BCUT2D eigenvalue weighted by Crippen LogP contribution is 2.44. The monoisotopic (exact) mass is 452 g/mol. The highest BCUT2D eigenvalue weighted by atomic mass is 16.5. The van der Waals surface area contributed by atoms with Crippen LogP contribution in [0.2, 0.25) is 0 Å². The zero-order valence-electron chi connectivity index (χ0n) is 19.4. The van der Waals surface area contributed by atoms with Gasteiger partial charge in [0.05, 0.1) is 0 Å². The summed E-state index contributed by atoms with van der Waals surface area (Å²) in [6, 6.07) is 15.2. The molecule has 0 bridgehead atoms. The predicted molar refractivity (Wildman–Crippen MR) is 126 cm³/mol. The Bertz CT molecular complexity index is 976. The van der Waals surface area contributed by atoms with Crippen molar-refractivity contribution in [1.82, 2.24) is 10.6 Å². The lowest BCUT2D eigenvalue weighted by molar-refractivity contribution is -0.147. The molecule has 1 unspecified atom stereocenters. The van der Waals surface area contributed by atoms with Gasteiger partial charge in [-0.15, -0.1) is 0 Å². The summed E-state index contributed by atoms with van der Waals surface area (Å²) in [5.74, 6) is -1.71. The maximum atomic E-state index is 12.8. The van der Waals surface area contributed by atoms with E-state index < -0.39 is 29.6 Å². The minimum Gasteiger partial charge on any atom is -0.480 e. The van der Waals surface area contributed by atoms with Crippen LogP contribution in [0.25, 0.3) is 11.1 Å². The molecule has 7 heteroatoms. The third-order valence-electron chi connectivity index (χ3n) is 6.15. The second-order valence-corrected chi connectivity index (χ2v) is 8.69. The van der Waals surface area contributed by atoms with E-state index in [1.807, 2.05) is 50.2 Å². The van der Waals surface area contributed by atoms with Crippen molar-refractivity contribution < 1.29 is 24.2 Å². The molecule has 0 aromatic heterocycles. The summed E-state index contributed by atoms with van der Waals surface area (Å²) in [4.78, 5) is 37.1. The Kier molecular flexibility index (Phi) is 7.74. The van der Waals surface area contributed by atoms with Gasteiger partial charge in [0.25, 0.3) is 0 Å². The number of rotatable bonds is 10. The molecule has 0 saturated heterocycles. The van der Waals surface area contributed by atoms with E-state index in [1.165, 1.54) is 6.92 Å². The van der Waals surface area contributed by atoms with Crippen molar-refractivity contribution in [3.8, 4) is 11.1 Å². The van der Waals surface area contributed by atoms with Crippen molar-refractivity contribution >= 4 is 18.0 Å². The van der Waals surface area contributed by atoms with Crippen LogP contribution >= 0.6 is 0 Å². The summed E-state index contributed by atoms with van der Waals surface area (Å²) >= 11 is 0. The number of hydrogen-bond donors (Lipinski definition) is 3. The van der Waals surface area contributed by atoms with E-state index in [0.29, 0.717) is 19.3 Å². The fourth-order valence-corrected chi connectivity index (χ4v) is 4.42. The first-order valence-corrected chi connectivity index (χ1v) is 11.5. The van der Waals surface area contributed by atoms with Gasteiger partial charge in [0, 0.05) is 5.92 Å². The van der Waals surface area contributed by atoms with Gasteiger partial charge in [0.1, 0.15) is 18.2 Å². The Hall–Kier alpha value is -3.35. The molecule has 0 fully saturated rings. The van der Waals surface area contributed by atoms with Crippen LogP contribution in [0, 0.1) is 0 Å². The van der Waals surface area contributed by atoms with Crippen LogP contribution in [0.5, 0.6) is 0 Å². The predicted octanol–water partition coefficient (Wildman–Crippen LogP) is 4.45. The van der Waals surface area contributed by atoms with Gasteiger partial charge in [-0.3, -0.25) is 4.79 Å². The van der Waals surface area contributed by atoms with Gasteiger partial charge in [0.2, 0.25) is 5.91 Å². The lowest BCUT2D eigenvalue weighted by Crippen LogP contribution is -2.57. The molecule has 0 radical (unpaired) electrons. The molecule has 2 aromatic rings. The van der Waals surface area contributed by atoms with E-state index >= 15 is 0 Å². The number of carboxylic acids is 1. The lowest BCUT2D eigenvalue weighted by Gasteiger charge is -2.28. The molecule has 2 amide bonds. The molecule has 33 heavy (non-hydrogen) atoms. The second kappa shape index (κ2) is 10.5. The summed E-state index contributed by atoms with van der Waals surface area (Å²) in [7, 11) is 0. The zero-order valence-corrected chi connectivity index (χ0v) is 19.4. The van der Waals surface area contributed by atoms with Crippen LogP contribution in [-0.2, 0) is 14.3 Å². The van der Waals surface area contributed by atoms with E-state index in [1.54, 1.807) is 0 Å². The summed E-state index contributed by atoms with van der Waals surface area (Å²) in [6.07, 6.45) is 1.20. The molecule has 0 spiro atoms. The summed E-state index contributed by atoms with van der Waals surface area (Å²) in [6.45, 7) is 5.37. The average molecular weight is 453 g/mol. The van der Waals surface area contributed by atoms with E-state index in [-0.39, 0.29) is 18.9 Å². The summed E-state index contributed by atoms with van der Waals surface area (Å²) in [5.41, 5.74) is 3.08. The maximum Gasteiger partial charge on any atom is 0.407 e. The molecular formula is C26H32N2O5. The van der Waals surface area contributed by atoms with Gasteiger partial charge in [-0.05, 0) is 42.0 Å². The molecule has 0 heterocycles. The second-order valence-electron chi connectivity index (χ2n) is 8.69. The first kappa shape index (κ1) is 24.3. The normalized spacial score (nSPS) is 15.0. The zero-order chi connectivity index (χ0) is 24.0. The van der Waals surface area contributed by atoms with Gasteiger partial charge < -0.3 is 20.5 Å². The van der Waals surface area contributed by atoms with Crippen molar-refractivity contribution in [1.29, 1.82) is 0 Å². The topological polar surface area (TPSA) is 105 Å². The Labute approximate surface area is 194 Å². The molecule has 3 rings (SSSR count). The minimum atomic E-state index is -1.39. The minimum absolute atomic E-state index is 0.0820. The first-order valence-electron chi connectivity index (χ1n) is 11.5. The Morgan fingerprint density at radius 2 is 1.58 bits per heavy atom. The number of benzene rings is 2. The number of aliphatic carboxylic acids is 1. The SMILES string of the molecule is CCC[C@@H](NC(=O)OCC1c2ccccc2-c2ccccc21)C(=O)NC(C)(CCC)C(=O)O. The molecule has 1 aliphatic carbocycles. The van der Waals surface area contributed by atoms with E-state index in [4.69, 9.17) is 4.74 Å². The molecule has 176 valence electrons. The quantitative estimate of drug-likeness (QED) is 0.494. The van der Waals surface area contributed by atoms with Gasteiger partial charge in [-0.25, -0.2) is 9.59 Å². The van der Waals surface area contributed by atoms with Crippen LogP contribution in [0.1, 0.15) is 63.5 Å². The smallest absolute Gasteiger partial charge is 0.407 e. The van der Waals surface area contributed by atoms with Gasteiger partial charge >= 0.3 is 12.1 Å². The average Bonchev–Trinajstić information content (AvgIpc) is 3.11. The highest BCUT2D eigenvalue weighted by Gasteiger charge is 2.36. The van der Waals surface area contributed by atoms with Crippen molar-refractivity contribution in [3.05, 3.63) is 59.7 Å². The fraction of sp³-hybridized carbons (Fsp3) is 0.423. The maximum absolute atomic E-state index is 12.8. The number of amides is 2. The van der Waals surface area contributed by atoms with Crippen LogP contribution in [0.15, 0.2) is 48.5 Å². The Balaban J connectivity index is 1.66. The van der Waals surface area contributed by atoms with E-state index in [0.717, 1.165) is 22.3 Å². The van der Waals surface area contributed by atoms with Crippen LogP contribution in [0.3, 0.4) is 0 Å². The van der Waals surface area contributed by atoms with Crippen molar-refractivity contribution in [2.24, 2.45) is 0 Å². The number of hydrogen-bond acceptors (Lipinski definition) is 4. The highest BCUT2D eigenvalue weighted by molar-refractivity contribution is 5.91. The summed E-state index contributed by atoms with van der Waals surface area (Å²) < 4.78 is 5.55. The lowest BCUT2D eigenvalue weighted by atomic mass is 9.95. The fourth-order valence-electron chi connectivity index (χ4n) is 4.42. The number of carbonyl (C=O) groups is 3. The molecule has 1 aliphatic rings. The van der Waals surface area contributed by atoms with Gasteiger partial charge in [-0.1, -0.05) is 75.2 Å². The number of carbonyl (C=O) groups excluding carboxylic acids is 2. The van der Waals surface area contributed by atoms with E-state index in [2.05, 4.69) is 22.8 Å². The Morgan fingerprint density at radius 1 is 1.00 bits per heavy atom. The molecule has 3 N–H and O–H groups in total.